The van der Waals surface area contributed by atoms with Crippen LogP contribution in [0, 0.1) is 12.3 Å². The summed E-state index contributed by atoms with van der Waals surface area (Å²) in [6, 6.07) is 7.46. The number of benzene rings is 1. The Labute approximate surface area is 196 Å². The van der Waals surface area contributed by atoms with E-state index in [0.717, 1.165) is 18.4 Å². The van der Waals surface area contributed by atoms with Gasteiger partial charge in [0.15, 0.2) is 0 Å². The van der Waals surface area contributed by atoms with Crippen molar-refractivity contribution in [2.45, 2.75) is 110 Å². The van der Waals surface area contributed by atoms with Crippen LogP contribution in [0.3, 0.4) is 0 Å². The Morgan fingerprint density at radius 3 is 2.00 bits per heavy atom. The first-order chi connectivity index (χ1) is 15.8. The van der Waals surface area contributed by atoms with Gasteiger partial charge < -0.3 is 4.74 Å². The van der Waals surface area contributed by atoms with E-state index in [-0.39, 0.29) is 12.5 Å². The molecule has 0 saturated heterocycles. The van der Waals surface area contributed by atoms with Gasteiger partial charge in [0.2, 0.25) is 5.91 Å². The minimum atomic E-state index is -0.0435. The van der Waals surface area contributed by atoms with Gasteiger partial charge in [0.25, 0.3) is 0 Å². The number of amides is 1. The number of rotatable bonds is 20. The lowest BCUT2D eigenvalue weighted by molar-refractivity contribution is -0.121. The number of hydrogen-bond donors (Lipinski definition) is 1. The van der Waals surface area contributed by atoms with Gasteiger partial charge in [0.05, 0.1) is 6.21 Å². The largest absolute Gasteiger partial charge is 0.480 e. The zero-order valence-electron chi connectivity index (χ0n) is 20.2. The highest BCUT2D eigenvalue weighted by atomic mass is 16.5. The average Bonchev–Trinajstić information content (AvgIpc) is 2.81. The van der Waals surface area contributed by atoms with Crippen LogP contribution in [0.4, 0.5) is 0 Å². The van der Waals surface area contributed by atoms with E-state index >= 15 is 0 Å². The second kappa shape index (κ2) is 20.6. The van der Waals surface area contributed by atoms with Crippen molar-refractivity contribution in [1.29, 1.82) is 0 Å². The van der Waals surface area contributed by atoms with Crippen LogP contribution in [-0.4, -0.2) is 18.7 Å². The lowest BCUT2D eigenvalue weighted by Gasteiger charge is -2.05. The van der Waals surface area contributed by atoms with E-state index in [1.807, 2.05) is 24.3 Å². The zero-order chi connectivity index (χ0) is 23.1. The predicted octanol–water partition coefficient (Wildman–Crippen LogP) is 7.41. The molecule has 0 aliphatic heterocycles. The van der Waals surface area contributed by atoms with Crippen LogP contribution in [0.25, 0.3) is 0 Å². The van der Waals surface area contributed by atoms with Crippen molar-refractivity contribution < 1.29 is 9.53 Å². The summed E-state index contributed by atoms with van der Waals surface area (Å²) >= 11 is 0. The molecule has 32 heavy (non-hydrogen) atoms. The maximum Gasteiger partial charge on any atom is 0.240 e. The molecule has 0 heterocycles. The van der Waals surface area contributed by atoms with E-state index < -0.39 is 0 Å². The number of nitrogens with one attached hydrogen (secondary N) is 1. The van der Waals surface area contributed by atoms with Crippen LogP contribution >= 0.6 is 0 Å². The Hall–Kier alpha value is -2.28. The third-order valence-corrected chi connectivity index (χ3v) is 5.63. The van der Waals surface area contributed by atoms with E-state index in [0.29, 0.717) is 12.2 Å². The summed E-state index contributed by atoms with van der Waals surface area (Å²) in [6.45, 7) is 2.48. The molecule has 0 radical (unpaired) electrons. The summed E-state index contributed by atoms with van der Waals surface area (Å²) < 4.78 is 5.46. The molecule has 1 amide bonds. The predicted molar refractivity (Wildman–Crippen MR) is 136 cm³/mol. The number of terminal acetylenes is 1. The Bertz CT molecular complexity index is 664. The highest BCUT2D eigenvalue weighted by Gasteiger charge is 2.02. The Morgan fingerprint density at radius 2 is 1.44 bits per heavy atom. The number of ether oxygens (including phenoxy) is 1. The topological polar surface area (TPSA) is 50.7 Å². The molecule has 0 aliphatic carbocycles. The number of hydrogen-bond acceptors (Lipinski definition) is 3. The zero-order valence-corrected chi connectivity index (χ0v) is 20.2. The van der Waals surface area contributed by atoms with Crippen LogP contribution in [0.1, 0.15) is 115 Å². The van der Waals surface area contributed by atoms with E-state index in [1.54, 1.807) is 6.21 Å². The van der Waals surface area contributed by atoms with E-state index in [9.17, 15) is 4.79 Å². The number of unbranched alkanes of at least 4 members (excludes halogenated alkanes) is 14. The summed E-state index contributed by atoms with van der Waals surface area (Å²) in [5.74, 6) is 3.06. The first-order valence-corrected chi connectivity index (χ1v) is 12.7. The Kier molecular flexibility index (Phi) is 17.9. The second-order valence-corrected chi connectivity index (χ2v) is 8.52. The normalized spacial score (nSPS) is 10.9. The van der Waals surface area contributed by atoms with Crippen LogP contribution in [0.2, 0.25) is 0 Å². The number of hydrazone groups is 1. The van der Waals surface area contributed by atoms with Crippen molar-refractivity contribution in [1.82, 2.24) is 5.43 Å². The maximum atomic E-state index is 11.9. The quantitative estimate of drug-likeness (QED) is 0.0993. The number of carbonyl (C=O) groups is 1. The van der Waals surface area contributed by atoms with Gasteiger partial charge in [0.1, 0.15) is 12.4 Å². The fraction of sp³-hybridized carbons (Fsp3) is 0.643. The molecule has 0 unspecified atom stereocenters. The fourth-order valence-corrected chi connectivity index (χ4v) is 3.72. The molecule has 1 aromatic carbocycles. The molecule has 0 aromatic heterocycles. The van der Waals surface area contributed by atoms with Crippen molar-refractivity contribution in [3.8, 4) is 18.1 Å². The molecule has 0 atom stereocenters. The second-order valence-electron chi connectivity index (χ2n) is 8.52. The monoisotopic (exact) mass is 440 g/mol. The van der Waals surface area contributed by atoms with Crippen molar-refractivity contribution in [3.63, 3.8) is 0 Å². The molecule has 0 aliphatic rings. The van der Waals surface area contributed by atoms with E-state index in [2.05, 4.69) is 23.4 Å². The summed E-state index contributed by atoms with van der Waals surface area (Å²) in [5.41, 5.74) is 3.39. The van der Waals surface area contributed by atoms with Crippen LogP contribution < -0.4 is 10.2 Å². The summed E-state index contributed by atoms with van der Waals surface area (Å²) in [7, 11) is 0. The molecule has 1 aromatic rings. The SMILES string of the molecule is C#CCOc1ccccc1/C=N/NC(=O)CCCCCCCCCCCCCCCCC. The maximum absolute atomic E-state index is 11.9. The fourth-order valence-electron chi connectivity index (χ4n) is 3.72. The molecule has 0 fully saturated rings. The van der Waals surface area contributed by atoms with Crippen molar-refractivity contribution in [2.75, 3.05) is 6.61 Å². The number of para-hydroxylation sites is 1. The van der Waals surface area contributed by atoms with Gasteiger partial charge in [-0.2, -0.15) is 5.10 Å². The standard InChI is InChI=1S/C28H44N2O2/c1-3-5-6-7-8-9-10-11-12-13-14-15-16-17-18-23-28(31)30-29-25-26-21-19-20-22-27(26)32-24-4-2/h2,19-22,25H,3,5-18,23-24H2,1H3,(H,30,31)/b29-25+. The Morgan fingerprint density at radius 1 is 0.906 bits per heavy atom. The smallest absolute Gasteiger partial charge is 0.240 e. The third-order valence-electron chi connectivity index (χ3n) is 5.63. The number of nitrogens with zero attached hydrogens (tertiary/aromatic N) is 1. The van der Waals surface area contributed by atoms with Gasteiger partial charge in [-0.15, -0.1) is 6.42 Å². The first kappa shape index (κ1) is 27.8. The van der Waals surface area contributed by atoms with Gasteiger partial charge in [-0.3, -0.25) is 4.79 Å². The minimum Gasteiger partial charge on any atom is -0.480 e. The first-order valence-electron chi connectivity index (χ1n) is 12.7. The molecular weight excluding hydrogens is 396 g/mol. The van der Waals surface area contributed by atoms with Gasteiger partial charge in [0, 0.05) is 12.0 Å². The molecule has 0 spiro atoms. The minimum absolute atomic E-state index is 0.0435. The average molecular weight is 441 g/mol. The molecule has 178 valence electrons. The van der Waals surface area contributed by atoms with Crippen molar-refractivity contribution in [3.05, 3.63) is 29.8 Å². The summed E-state index contributed by atoms with van der Waals surface area (Å²) in [5, 5.41) is 4.04. The number of carbonyl (C=O) groups excluding carboxylic acids is 1. The Balaban J connectivity index is 1.95. The molecule has 4 heteroatoms. The van der Waals surface area contributed by atoms with E-state index in [4.69, 9.17) is 11.2 Å². The van der Waals surface area contributed by atoms with Crippen LogP contribution in [-0.2, 0) is 4.79 Å². The molecular formula is C28H44N2O2. The van der Waals surface area contributed by atoms with Crippen LogP contribution in [0.15, 0.2) is 29.4 Å². The van der Waals surface area contributed by atoms with Crippen molar-refractivity contribution in [2.24, 2.45) is 5.10 Å². The van der Waals surface area contributed by atoms with Gasteiger partial charge >= 0.3 is 0 Å². The molecule has 4 nitrogen and oxygen atoms in total. The summed E-state index contributed by atoms with van der Waals surface area (Å²) in [6.07, 6.45) is 27.2. The van der Waals surface area contributed by atoms with Gasteiger partial charge in [-0.1, -0.05) is 115 Å². The lowest BCUT2D eigenvalue weighted by Crippen LogP contribution is -2.17. The molecule has 0 saturated carbocycles. The third kappa shape index (κ3) is 15.5. The summed E-state index contributed by atoms with van der Waals surface area (Å²) in [4.78, 5) is 11.9. The van der Waals surface area contributed by atoms with Crippen molar-refractivity contribution >= 4 is 12.1 Å². The molecule has 1 N–H and O–H groups in total. The highest BCUT2D eigenvalue weighted by Crippen LogP contribution is 2.16. The van der Waals surface area contributed by atoms with E-state index in [1.165, 1.54) is 83.5 Å². The van der Waals surface area contributed by atoms with Gasteiger partial charge in [-0.05, 0) is 18.6 Å². The van der Waals surface area contributed by atoms with Gasteiger partial charge in [-0.25, -0.2) is 5.43 Å². The highest BCUT2D eigenvalue weighted by molar-refractivity contribution is 5.85. The van der Waals surface area contributed by atoms with Crippen LogP contribution in [0.5, 0.6) is 5.75 Å². The molecule has 1 rings (SSSR count). The molecule has 0 bridgehead atoms. The lowest BCUT2D eigenvalue weighted by atomic mass is 10.0.